The third kappa shape index (κ3) is 4.70. The highest BCUT2D eigenvalue weighted by molar-refractivity contribution is 7.25. The van der Waals surface area contributed by atoms with Crippen molar-refractivity contribution in [2.24, 2.45) is 0 Å². The Morgan fingerprint density at radius 3 is 1.90 bits per heavy atom. The van der Waals surface area contributed by atoms with Crippen molar-refractivity contribution in [3.05, 3.63) is 176 Å². The van der Waals surface area contributed by atoms with Crippen LogP contribution in [0, 0.1) is 0 Å². The highest BCUT2D eigenvalue weighted by Gasteiger charge is 2.18. The summed E-state index contributed by atoms with van der Waals surface area (Å²) in [4.78, 5) is 2.35. The quantitative estimate of drug-likeness (QED) is 0.186. The standard InChI is InChI=1S/C46H29NOS/c1-2-16-37-30(10-1)11-9-19-38(37)33-13-8-15-35(27-33)47(36-23-24-40-39-17-3-5-20-43(39)48-44(40)29-36)34-14-7-12-31(26-34)32-22-25-46-42(28-32)41-18-4-6-21-45(41)49-46/h1-29H. The summed E-state index contributed by atoms with van der Waals surface area (Å²) >= 11 is 1.85. The summed E-state index contributed by atoms with van der Waals surface area (Å²) in [6.07, 6.45) is 0. The van der Waals surface area contributed by atoms with E-state index in [1.54, 1.807) is 0 Å². The van der Waals surface area contributed by atoms with E-state index >= 15 is 0 Å². The molecular formula is C46H29NOS. The van der Waals surface area contributed by atoms with Crippen LogP contribution in [0.4, 0.5) is 17.1 Å². The number of anilines is 3. The van der Waals surface area contributed by atoms with Crippen molar-refractivity contribution in [3.63, 3.8) is 0 Å². The zero-order valence-corrected chi connectivity index (χ0v) is 27.3. The molecule has 0 bridgehead atoms. The molecule has 2 aromatic heterocycles. The van der Waals surface area contributed by atoms with Gasteiger partial charge in [0.25, 0.3) is 0 Å². The zero-order chi connectivity index (χ0) is 32.3. The molecule has 0 saturated carbocycles. The monoisotopic (exact) mass is 643 g/mol. The molecule has 2 heterocycles. The Hall–Kier alpha value is -6.16. The van der Waals surface area contributed by atoms with Gasteiger partial charge in [-0.25, -0.2) is 0 Å². The Balaban J connectivity index is 1.15. The fraction of sp³-hybridized carbons (Fsp3) is 0. The topological polar surface area (TPSA) is 16.4 Å². The van der Waals surface area contributed by atoms with Gasteiger partial charge in [0, 0.05) is 54.1 Å². The van der Waals surface area contributed by atoms with Crippen molar-refractivity contribution in [3.8, 4) is 22.3 Å². The fourth-order valence-electron chi connectivity index (χ4n) is 7.32. The predicted octanol–water partition coefficient (Wildman–Crippen LogP) is 13.9. The first-order chi connectivity index (χ1) is 24.3. The maximum absolute atomic E-state index is 6.39. The van der Waals surface area contributed by atoms with Crippen LogP contribution in [0.3, 0.4) is 0 Å². The van der Waals surface area contributed by atoms with Gasteiger partial charge >= 0.3 is 0 Å². The van der Waals surface area contributed by atoms with E-state index in [1.165, 1.54) is 53.2 Å². The molecule has 10 aromatic rings. The summed E-state index contributed by atoms with van der Waals surface area (Å²) in [5.74, 6) is 0. The summed E-state index contributed by atoms with van der Waals surface area (Å²) in [5, 5.41) is 7.35. The Morgan fingerprint density at radius 2 is 1.00 bits per heavy atom. The number of furan rings is 1. The SMILES string of the molecule is c1cc(-c2ccc3sc4ccccc4c3c2)cc(N(c2cccc(-c3cccc4ccccc34)c2)c2ccc3c(c2)oc2ccccc23)c1. The van der Waals surface area contributed by atoms with E-state index < -0.39 is 0 Å². The van der Waals surface area contributed by atoms with Crippen LogP contribution >= 0.6 is 11.3 Å². The van der Waals surface area contributed by atoms with Gasteiger partial charge in [0.15, 0.2) is 0 Å². The van der Waals surface area contributed by atoms with Gasteiger partial charge < -0.3 is 9.32 Å². The van der Waals surface area contributed by atoms with Crippen LogP contribution in [0.25, 0.3) is 75.1 Å². The normalized spacial score (nSPS) is 11.7. The molecule has 0 saturated heterocycles. The number of hydrogen-bond acceptors (Lipinski definition) is 3. The molecule has 0 atom stereocenters. The van der Waals surface area contributed by atoms with Gasteiger partial charge in [0.05, 0.1) is 0 Å². The van der Waals surface area contributed by atoms with Gasteiger partial charge in [-0.2, -0.15) is 0 Å². The van der Waals surface area contributed by atoms with Gasteiger partial charge in [-0.3, -0.25) is 0 Å². The van der Waals surface area contributed by atoms with Crippen LogP contribution in [0.1, 0.15) is 0 Å². The van der Waals surface area contributed by atoms with Gasteiger partial charge in [0.2, 0.25) is 0 Å². The number of hydrogen-bond donors (Lipinski definition) is 0. The van der Waals surface area contributed by atoms with Gasteiger partial charge in [-0.15, -0.1) is 11.3 Å². The summed E-state index contributed by atoms with van der Waals surface area (Å²) in [7, 11) is 0. The molecule has 2 nitrogen and oxygen atoms in total. The number of benzene rings is 8. The van der Waals surface area contributed by atoms with E-state index in [0.717, 1.165) is 39.0 Å². The lowest BCUT2D eigenvalue weighted by Crippen LogP contribution is -2.10. The Morgan fingerprint density at radius 1 is 0.367 bits per heavy atom. The summed E-state index contributed by atoms with van der Waals surface area (Å²) < 4.78 is 9.03. The average molecular weight is 644 g/mol. The van der Waals surface area contributed by atoms with Gasteiger partial charge in [0.1, 0.15) is 11.2 Å². The van der Waals surface area contributed by atoms with Crippen LogP contribution in [-0.2, 0) is 0 Å². The first kappa shape index (κ1) is 27.9. The molecule has 0 aliphatic carbocycles. The number of thiophene rings is 1. The maximum atomic E-state index is 6.39. The summed E-state index contributed by atoms with van der Waals surface area (Å²) in [5.41, 5.74) is 9.75. The van der Waals surface area contributed by atoms with Crippen LogP contribution in [0.2, 0.25) is 0 Å². The molecule has 3 heteroatoms. The lowest BCUT2D eigenvalue weighted by molar-refractivity contribution is 0.669. The smallest absolute Gasteiger partial charge is 0.137 e. The van der Waals surface area contributed by atoms with Crippen molar-refractivity contribution in [1.29, 1.82) is 0 Å². The number of nitrogens with zero attached hydrogens (tertiary/aromatic N) is 1. The fourth-order valence-corrected chi connectivity index (χ4v) is 8.41. The van der Waals surface area contributed by atoms with Crippen LogP contribution in [0.5, 0.6) is 0 Å². The molecule has 0 amide bonds. The molecule has 0 spiro atoms. The molecule has 8 aromatic carbocycles. The van der Waals surface area contributed by atoms with E-state index in [0.29, 0.717) is 0 Å². The molecule has 0 fully saturated rings. The van der Waals surface area contributed by atoms with Gasteiger partial charge in [-0.1, -0.05) is 109 Å². The number of para-hydroxylation sites is 1. The summed E-state index contributed by atoms with van der Waals surface area (Å²) in [6, 6.07) is 63.3. The molecule has 0 unspecified atom stereocenters. The van der Waals surface area contributed by atoms with E-state index in [4.69, 9.17) is 4.42 Å². The van der Waals surface area contributed by atoms with E-state index in [9.17, 15) is 0 Å². The summed E-state index contributed by atoms with van der Waals surface area (Å²) in [6.45, 7) is 0. The van der Waals surface area contributed by atoms with Crippen molar-refractivity contribution in [2.45, 2.75) is 0 Å². The van der Waals surface area contributed by atoms with E-state index in [1.807, 2.05) is 23.5 Å². The number of fused-ring (bicyclic) bond motifs is 7. The van der Waals surface area contributed by atoms with Crippen molar-refractivity contribution in [2.75, 3.05) is 4.90 Å². The minimum Gasteiger partial charge on any atom is -0.456 e. The first-order valence-electron chi connectivity index (χ1n) is 16.6. The molecule has 230 valence electrons. The van der Waals surface area contributed by atoms with Crippen LogP contribution in [-0.4, -0.2) is 0 Å². The Labute approximate surface area is 287 Å². The lowest BCUT2D eigenvalue weighted by atomic mass is 9.97. The molecule has 0 aliphatic rings. The van der Waals surface area contributed by atoms with Crippen LogP contribution < -0.4 is 4.90 Å². The second-order valence-electron chi connectivity index (χ2n) is 12.6. The maximum Gasteiger partial charge on any atom is 0.137 e. The minimum atomic E-state index is 0.875. The average Bonchev–Trinajstić information content (AvgIpc) is 3.73. The molecular weight excluding hydrogens is 615 g/mol. The molecule has 0 radical (unpaired) electrons. The van der Waals surface area contributed by atoms with Crippen molar-refractivity contribution >= 4 is 81.3 Å². The molecule has 10 rings (SSSR count). The van der Waals surface area contributed by atoms with Gasteiger partial charge in [-0.05, 0) is 93.7 Å². The predicted molar refractivity (Wildman–Crippen MR) is 210 cm³/mol. The van der Waals surface area contributed by atoms with E-state index in [2.05, 4.69) is 169 Å². The van der Waals surface area contributed by atoms with E-state index in [-0.39, 0.29) is 0 Å². The van der Waals surface area contributed by atoms with Crippen LogP contribution in [0.15, 0.2) is 180 Å². The highest BCUT2D eigenvalue weighted by atomic mass is 32.1. The lowest BCUT2D eigenvalue weighted by Gasteiger charge is -2.26. The third-order valence-electron chi connectivity index (χ3n) is 9.64. The van der Waals surface area contributed by atoms with Crippen molar-refractivity contribution in [1.82, 2.24) is 0 Å². The Bertz CT molecular complexity index is 2850. The van der Waals surface area contributed by atoms with Crippen molar-refractivity contribution < 1.29 is 4.42 Å². The molecule has 49 heavy (non-hydrogen) atoms. The molecule has 0 aliphatic heterocycles. The second kappa shape index (κ2) is 11.2. The highest BCUT2D eigenvalue weighted by Crippen LogP contribution is 2.42. The first-order valence-corrected chi connectivity index (χ1v) is 17.4. The minimum absolute atomic E-state index is 0.875. The largest absolute Gasteiger partial charge is 0.456 e. The second-order valence-corrected chi connectivity index (χ2v) is 13.6. The number of rotatable bonds is 5. The third-order valence-corrected chi connectivity index (χ3v) is 10.8. The zero-order valence-electron chi connectivity index (χ0n) is 26.5. The Kier molecular flexibility index (Phi) is 6.39. The molecule has 0 N–H and O–H groups in total.